The van der Waals surface area contributed by atoms with Crippen molar-refractivity contribution in [2.45, 2.75) is 32.4 Å². The van der Waals surface area contributed by atoms with Crippen LogP contribution in [0.25, 0.3) is 0 Å². The molecule has 9 heteroatoms. The Bertz CT molecular complexity index is 1240. The Morgan fingerprint density at radius 1 is 1.03 bits per heavy atom. The molecule has 0 bridgehead atoms. The smallest absolute Gasteiger partial charge is 0.170 e. The highest BCUT2D eigenvalue weighted by Gasteiger charge is 2.41. The van der Waals surface area contributed by atoms with Gasteiger partial charge in [0.1, 0.15) is 12.7 Å². The number of benzene rings is 1. The number of aryl methyl sites for hydroxylation is 1. The third-order valence-corrected chi connectivity index (χ3v) is 6.62. The summed E-state index contributed by atoms with van der Waals surface area (Å²) in [5, 5.41) is 15.8. The molecule has 0 aliphatic carbocycles. The van der Waals surface area contributed by atoms with Gasteiger partial charge in [0.25, 0.3) is 0 Å². The summed E-state index contributed by atoms with van der Waals surface area (Å²) in [5.74, 6) is 0. The highest BCUT2D eigenvalue weighted by Crippen LogP contribution is 2.40. The van der Waals surface area contributed by atoms with Crippen molar-refractivity contribution in [2.75, 3.05) is 18.4 Å². The maximum atomic E-state index is 5.83. The van der Waals surface area contributed by atoms with Crippen LogP contribution >= 0.6 is 12.2 Å². The number of anilines is 1. The summed E-state index contributed by atoms with van der Waals surface area (Å²) in [4.78, 5) is 6.96. The second kappa shape index (κ2) is 9.64. The maximum Gasteiger partial charge on any atom is 0.170 e. The molecule has 174 valence electrons. The zero-order valence-electron chi connectivity index (χ0n) is 19.3. The lowest BCUT2D eigenvalue weighted by atomic mass is 9.96. The highest BCUT2D eigenvalue weighted by molar-refractivity contribution is 7.80. The highest BCUT2D eigenvalue weighted by atomic mass is 32.1. The van der Waals surface area contributed by atoms with Gasteiger partial charge < -0.3 is 15.5 Å². The van der Waals surface area contributed by atoms with E-state index in [1.165, 1.54) is 5.56 Å². The molecule has 1 aromatic carbocycles. The molecule has 2 N–H and O–H groups in total. The molecule has 0 radical (unpaired) electrons. The Hall–Kier alpha value is -3.72. The maximum absolute atomic E-state index is 5.83. The van der Waals surface area contributed by atoms with Crippen molar-refractivity contribution in [3.8, 4) is 0 Å². The fraction of sp³-hybridized carbons (Fsp3) is 0.280. The molecule has 2 atom stereocenters. The van der Waals surface area contributed by atoms with Gasteiger partial charge in [0.15, 0.2) is 5.11 Å². The van der Waals surface area contributed by atoms with Gasteiger partial charge in [0.05, 0.1) is 17.8 Å². The van der Waals surface area contributed by atoms with Crippen LogP contribution in [0.5, 0.6) is 0 Å². The van der Waals surface area contributed by atoms with Crippen molar-refractivity contribution in [3.05, 3.63) is 96.1 Å². The zero-order chi connectivity index (χ0) is 23.5. The average molecular weight is 473 g/mol. The molecule has 3 aromatic heterocycles. The minimum Gasteiger partial charge on any atom is -0.385 e. The summed E-state index contributed by atoms with van der Waals surface area (Å²) in [6.45, 7) is 5.93. The zero-order valence-corrected chi connectivity index (χ0v) is 20.1. The Labute approximate surface area is 204 Å². The number of hydrogen-bond acceptors (Lipinski definition) is 5. The molecule has 1 aliphatic rings. The van der Waals surface area contributed by atoms with Gasteiger partial charge in [-0.2, -0.15) is 0 Å². The van der Waals surface area contributed by atoms with Crippen LogP contribution in [0.2, 0.25) is 0 Å². The lowest BCUT2D eigenvalue weighted by Gasteiger charge is -2.28. The fourth-order valence-corrected chi connectivity index (χ4v) is 5.09. The first kappa shape index (κ1) is 22.1. The van der Waals surface area contributed by atoms with E-state index >= 15 is 0 Å². The number of rotatable bonds is 8. The van der Waals surface area contributed by atoms with E-state index in [4.69, 9.17) is 12.2 Å². The number of hydrogen-bond donors (Lipinski definition) is 2. The minimum absolute atomic E-state index is 0.0237. The SMILES string of the molecule is Cc1cc([C@H]2[C@@H](c3ccccn3)NC(=S)N2CCCNc2ccccc2)c(C)n1-n1cnnc1. The van der Waals surface area contributed by atoms with E-state index in [-0.39, 0.29) is 12.1 Å². The molecule has 1 aliphatic heterocycles. The molecule has 8 nitrogen and oxygen atoms in total. The topological polar surface area (TPSA) is 75.8 Å². The van der Waals surface area contributed by atoms with E-state index < -0.39 is 0 Å². The normalized spacial score (nSPS) is 17.7. The van der Waals surface area contributed by atoms with Crippen LogP contribution in [-0.4, -0.2) is 47.6 Å². The minimum atomic E-state index is -0.0364. The van der Waals surface area contributed by atoms with Crippen LogP contribution in [0.4, 0.5) is 5.69 Å². The lowest BCUT2D eigenvalue weighted by molar-refractivity contribution is 0.314. The van der Waals surface area contributed by atoms with E-state index in [9.17, 15) is 0 Å². The second-order valence-electron chi connectivity index (χ2n) is 8.45. The van der Waals surface area contributed by atoms with Crippen LogP contribution in [0.1, 0.15) is 41.1 Å². The van der Waals surface area contributed by atoms with Gasteiger partial charge in [-0.3, -0.25) is 9.66 Å². The van der Waals surface area contributed by atoms with Crippen LogP contribution in [0.15, 0.2) is 73.4 Å². The number of thiocarbonyl (C=S) groups is 1. The number of nitrogens with zero attached hydrogens (tertiary/aromatic N) is 6. The predicted octanol–water partition coefficient (Wildman–Crippen LogP) is 3.88. The summed E-state index contributed by atoms with van der Waals surface area (Å²) >= 11 is 5.83. The van der Waals surface area contributed by atoms with Gasteiger partial charge in [0.2, 0.25) is 0 Å². The Kier molecular flexibility index (Phi) is 6.27. The first-order valence-electron chi connectivity index (χ1n) is 11.4. The summed E-state index contributed by atoms with van der Waals surface area (Å²) in [6.07, 6.45) is 6.21. The molecule has 0 spiro atoms. The predicted molar refractivity (Wildman–Crippen MR) is 136 cm³/mol. The Morgan fingerprint density at radius 3 is 2.53 bits per heavy atom. The Balaban J connectivity index is 1.43. The first-order valence-corrected chi connectivity index (χ1v) is 11.9. The van der Waals surface area contributed by atoms with Crippen LogP contribution in [0.3, 0.4) is 0 Å². The van der Waals surface area contributed by atoms with E-state index in [0.29, 0.717) is 0 Å². The Morgan fingerprint density at radius 2 is 1.79 bits per heavy atom. The molecule has 34 heavy (non-hydrogen) atoms. The van der Waals surface area contributed by atoms with Gasteiger partial charge >= 0.3 is 0 Å². The third-order valence-electron chi connectivity index (χ3n) is 6.27. The fourth-order valence-electron chi connectivity index (χ4n) is 4.75. The molecule has 0 saturated carbocycles. The van der Waals surface area contributed by atoms with Gasteiger partial charge in [0, 0.05) is 41.9 Å². The van der Waals surface area contributed by atoms with Crippen LogP contribution in [0, 0.1) is 13.8 Å². The molecule has 0 amide bonds. The van der Waals surface area contributed by atoms with Crippen molar-refractivity contribution >= 4 is 23.0 Å². The molecule has 1 fully saturated rings. The first-order chi connectivity index (χ1) is 16.6. The molecule has 1 saturated heterocycles. The largest absolute Gasteiger partial charge is 0.385 e. The number of pyridine rings is 1. The number of nitrogens with one attached hydrogen (secondary N) is 2. The van der Waals surface area contributed by atoms with Gasteiger partial charge in [-0.1, -0.05) is 24.3 Å². The summed E-state index contributed by atoms with van der Waals surface area (Å²) in [7, 11) is 0. The summed E-state index contributed by atoms with van der Waals surface area (Å²) < 4.78 is 4.03. The van der Waals surface area contributed by atoms with Crippen LogP contribution in [-0.2, 0) is 0 Å². The molecular formula is C25H28N8S. The van der Waals surface area contributed by atoms with Crippen molar-refractivity contribution in [1.82, 2.24) is 34.8 Å². The molecule has 0 unspecified atom stereocenters. The van der Waals surface area contributed by atoms with Crippen molar-refractivity contribution in [2.24, 2.45) is 0 Å². The van der Waals surface area contributed by atoms with Crippen molar-refractivity contribution in [1.29, 1.82) is 0 Å². The van der Waals surface area contributed by atoms with Crippen molar-refractivity contribution < 1.29 is 0 Å². The average Bonchev–Trinajstić information content (AvgIpc) is 3.56. The third kappa shape index (κ3) is 4.26. The summed E-state index contributed by atoms with van der Waals surface area (Å²) in [5.41, 5.74) is 5.56. The second-order valence-corrected chi connectivity index (χ2v) is 8.83. The molecule has 4 aromatic rings. The summed E-state index contributed by atoms with van der Waals surface area (Å²) in [6, 6.07) is 18.5. The van der Waals surface area contributed by atoms with E-state index in [1.54, 1.807) is 12.7 Å². The monoisotopic (exact) mass is 472 g/mol. The van der Waals surface area contributed by atoms with Gasteiger partial charge in [-0.15, -0.1) is 10.2 Å². The van der Waals surface area contributed by atoms with E-state index in [2.05, 4.69) is 73.5 Å². The molecule has 5 rings (SSSR count). The molecule has 4 heterocycles. The van der Waals surface area contributed by atoms with Gasteiger partial charge in [-0.25, -0.2) is 4.68 Å². The van der Waals surface area contributed by atoms with Gasteiger partial charge in [-0.05, 0) is 62.8 Å². The van der Waals surface area contributed by atoms with Crippen molar-refractivity contribution in [3.63, 3.8) is 0 Å². The molecular weight excluding hydrogens is 444 g/mol. The lowest BCUT2D eigenvalue weighted by Crippen LogP contribution is -2.31. The van der Waals surface area contributed by atoms with E-state index in [1.807, 2.05) is 41.2 Å². The number of aromatic nitrogens is 5. The quantitative estimate of drug-likeness (QED) is 0.298. The van der Waals surface area contributed by atoms with E-state index in [0.717, 1.165) is 47.4 Å². The number of para-hydroxylation sites is 1. The standard InChI is InChI=1S/C25H28N8S/c1-18-15-21(19(2)33(18)31-16-28-29-17-31)24-23(22-11-6-7-12-27-22)30-25(34)32(24)14-8-13-26-20-9-4-3-5-10-20/h3-7,9-12,15-17,23-24,26H,8,13-14H2,1-2H3,(H,30,34)/t23-,24+/m1/s1. The van der Waals surface area contributed by atoms with Crippen LogP contribution < -0.4 is 10.6 Å².